The van der Waals surface area contributed by atoms with Crippen LogP contribution in [0.1, 0.15) is 348 Å². The molecule has 88 heavy (non-hydrogen) atoms. The zero-order valence-corrected chi connectivity index (χ0v) is 59.4. The Labute approximate surface area is 545 Å². The van der Waals surface area contributed by atoms with Crippen LogP contribution < -0.4 is 0 Å². The fraction of sp³-hybridized carbons (Fsp3) is 0.795. The van der Waals surface area contributed by atoms with E-state index in [4.69, 9.17) is 18.5 Å². The summed E-state index contributed by atoms with van der Waals surface area (Å²) in [7, 11) is 1.49. The molecule has 0 aliphatic rings. The zero-order chi connectivity index (χ0) is 64.1. The Balaban J connectivity index is 3.95. The van der Waals surface area contributed by atoms with Crippen molar-refractivity contribution in [1.82, 2.24) is 0 Å². The first kappa shape index (κ1) is 85.2. The van der Waals surface area contributed by atoms with E-state index in [2.05, 4.69) is 98.9 Å². The molecule has 0 aromatic carbocycles. The summed E-state index contributed by atoms with van der Waals surface area (Å²) in [5, 5.41) is 0. The van der Waals surface area contributed by atoms with Crippen LogP contribution >= 0.6 is 7.82 Å². The SMILES string of the molecule is CC/C=C\C/C=C\C/C=C\C/C=C\C/C=C\CCCCCCCCCCCCCCCCCCCCCCCCCC(=O)OC(COC(=O)CCCCCCCCCCCCCCC/C=C\C/C=C\CCCCCCC)COP(=O)(O)OCC[N+](C)(C)C. The molecule has 0 amide bonds. The van der Waals surface area contributed by atoms with E-state index in [-0.39, 0.29) is 32.0 Å². The van der Waals surface area contributed by atoms with Gasteiger partial charge in [-0.2, -0.15) is 0 Å². The number of hydrogen-bond donors (Lipinski definition) is 1. The molecule has 0 rings (SSSR count). The number of ether oxygens (including phenoxy) is 2. The van der Waals surface area contributed by atoms with Crippen molar-refractivity contribution in [3.8, 4) is 0 Å². The first-order chi connectivity index (χ1) is 43.0. The van der Waals surface area contributed by atoms with E-state index in [1.807, 2.05) is 21.1 Å². The predicted molar refractivity (Wildman–Crippen MR) is 381 cm³/mol. The van der Waals surface area contributed by atoms with Crippen LogP contribution in [0.5, 0.6) is 0 Å². The molecule has 2 atom stereocenters. The van der Waals surface area contributed by atoms with E-state index in [0.29, 0.717) is 17.4 Å². The molecule has 1 N–H and O–H groups in total. The topological polar surface area (TPSA) is 108 Å². The quantitative estimate of drug-likeness (QED) is 0.0211. The minimum atomic E-state index is -4.39. The molecule has 0 aromatic heterocycles. The van der Waals surface area contributed by atoms with Crippen molar-refractivity contribution in [3.05, 3.63) is 85.1 Å². The van der Waals surface area contributed by atoms with Gasteiger partial charge in [0.05, 0.1) is 27.7 Å². The lowest BCUT2D eigenvalue weighted by molar-refractivity contribution is -0.870. The third-order valence-corrected chi connectivity index (χ3v) is 17.4. The van der Waals surface area contributed by atoms with Gasteiger partial charge in [-0.25, -0.2) is 4.57 Å². The van der Waals surface area contributed by atoms with Crippen LogP contribution in [0.25, 0.3) is 0 Å². The van der Waals surface area contributed by atoms with Crippen molar-refractivity contribution in [2.45, 2.75) is 354 Å². The van der Waals surface area contributed by atoms with E-state index in [0.717, 1.165) is 70.6 Å². The maximum absolute atomic E-state index is 12.9. The average Bonchev–Trinajstić information content (AvgIpc) is 3.68. The number of carbonyl (C=O) groups excluding carboxylic acids is 2. The van der Waals surface area contributed by atoms with Crippen LogP contribution in [0.2, 0.25) is 0 Å². The summed E-state index contributed by atoms with van der Waals surface area (Å²) in [6, 6.07) is 0. The second kappa shape index (κ2) is 68.6. The Bertz CT molecular complexity index is 1760. The molecule has 10 heteroatoms. The first-order valence-corrected chi connectivity index (χ1v) is 38.8. The Morgan fingerprint density at radius 1 is 0.364 bits per heavy atom. The van der Waals surface area contributed by atoms with E-state index < -0.39 is 26.5 Å². The summed E-state index contributed by atoms with van der Waals surface area (Å²) in [6.45, 7) is 4.36. The van der Waals surface area contributed by atoms with Crippen LogP contribution in [0.15, 0.2) is 85.1 Å². The molecular formula is C78H143NO8P+. The molecule has 0 aliphatic heterocycles. The minimum Gasteiger partial charge on any atom is -0.462 e. The highest BCUT2D eigenvalue weighted by molar-refractivity contribution is 7.47. The van der Waals surface area contributed by atoms with Crippen molar-refractivity contribution in [2.75, 3.05) is 47.5 Å². The number of phosphoric acid groups is 1. The number of rotatable bonds is 69. The number of hydrogen-bond acceptors (Lipinski definition) is 7. The number of likely N-dealkylation sites (N-methyl/N-ethyl adjacent to an activating group) is 1. The van der Waals surface area contributed by atoms with Crippen molar-refractivity contribution < 1.29 is 42.1 Å². The lowest BCUT2D eigenvalue weighted by Crippen LogP contribution is -2.37. The van der Waals surface area contributed by atoms with Crippen molar-refractivity contribution in [2.24, 2.45) is 0 Å². The molecule has 0 heterocycles. The third kappa shape index (κ3) is 72.3. The summed E-state index contributed by atoms with van der Waals surface area (Å²) in [5.41, 5.74) is 0. The van der Waals surface area contributed by atoms with Crippen LogP contribution in [0, 0.1) is 0 Å². The van der Waals surface area contributed by atoms with Gasteiger partial charge in [0.25, 0.3) is 0 Å². The molecule has 9 nitrogen and oxygen atoms in total. The normalized spacial score (nSPS) is 13.6. The van der Waals surface area contributed by atoms with Crippen molar-refractivity contribution in [3.63, 3.8) is 0 Å². The predicted octanol–water partition coefficient (Wildman–Crippen LogP) is 24.5. The second-order valence-electron chi connectivity index (χ2n) is 26.3. The number of phosphoric ester groups is 1. The van der Waals surface area contributed by atoms with Gasteiger partial charge < -0.3 is 18.9 Å². The molecule has 0 saturated heterocycles. The molecule has 0 bridgehead atoms. The van der Waals surface area contributed by atoms with E-state index in [1.54, 1.807) is 0 Å². The molecule has 0 saturated carbocycles. The highest BCUT2D eigenvalue weighted by Crippen LogP contribution is 2.43. The van der Waals surface area contributed by atoms with E-state index in [9.17, 15) is 19.0 Å². The highest BCUT2D eigenvalue weighted by Gasteiger charge is 2.27. The first-order valence-electron chi connectivity index (χ1n) is 37.3. The zero-order valence-electron chi connectivity index (χ0n) is 58.5. The minimum absolute atomic E-state index is 0.0319. The fourth-order valence-corrected chi connectivity index (χ4v) is 11.5. The highest BCUT2D eigenvalue weighted by atomic mass is 31.2. The van der Waals surface area contributed by atoms with Crippen LogP contribution in [-0.4, -0.2) is 74.9 Å². The number of quaternary nitrogens is 1. The number of unbranched alkanes of at least 4 members (excludes halogenated alkanes) is 41. The summed E-state index contributed by atoms with van der Waals surface area (Å²) < 4.78 is 34.8. The smallest absolute Gasteiger partial charge is 0.462 e. The average molecular weight is 1250 g/mol. The van der Waals surface area contributed by atoms with Crippen molar-refractivity contribution >= 4 is 19.8 Å². The van der Waals surface area contributed by atoms with Crippen molar-refractivity contribution in [1.29, 1.82) is 0 Å². The van der Waals surface area contributed by atoms with Crippen LogP contribution in [0.3, 0.4) is 0 Å². The van der Waals surface area contributed by atoms with E-state index >= 15 is 0 Å². The molecule has 0 fully saturated rings. The van der Waals surface area contributed by atoms with Gasteiger partial charge in [0.2, 0.25) is 0 Å². The van der Waals surface area contributed by atoms with Gasteiger partial charge in [-0.1, -0.05) is 330 Å². The van der Waals surface area contributed by atoms with Gasteiger partial charge in [0.15, 0.2) is 6.10 Å². The lowest BCUT2D eigenvalue weighted by Gasteiger charge is -2.24. The molecule has 0 spiro atoms. The van der Waals surface area contributed by atoms with E-state index in [1.165, 1.54) is 244 Å². The monoisotopic (exact) mass is 1250 g/mol. The second-order valence-corrected chi connectivity index (χ2v) is 27.8. The Morgan fingerprint density at radius 2 is 0.648 bits per heavy atom. The van der Waals surface area contributed by atoms with Gasteiger partial charge in [0.1, 0.15) is 19.8 Å². The molecule has 2 unspecified atom stereocenters. The fourth-order valence-electron chi connectivity index (χ4n) is 10.7. The standard InChI is InChI=1S/C78H142NO8P/c1-6-8-10-12-14-16-18-20-22-24-26-28-30-32-33-34-35-36-37-38-39-40-41-42-43-44-45-47-49-51-53-55-57-59-61-63-65-67-69-71-78(81)87-76(75-86-88(82,83)85-73-72-79(3,4)5)74-84-77(80)70-68-66-64-62-60-58-56-54-52-50-48-46-31-29-27-25-23-21-19-17-15-13-11-9-7-2/h8,10,14,16,19-22,25-28,32-33,76H,6-7,9,11-13,15,17-18,23-24,29-31,34-75H2,1-5H3/p+1/b10-8-,16-14-,21-19-,22-20-,27-25-,28-26-,33-32-. The molecule has 512 valence electrons. The lowest BCUT2D eigenvalue weighted by atomic mass is 10.0. The van der Waals surface area contributed by atoms with Gasteiger partial charge in [-0.15, -0.1) is 0 Å². The summed E-state index contributed by atoms with van der Waals surface area (Å²) >= 11 is 0. The largest absolute Gasteiger partial charge is 0.472 e. The molecular weight excluding hydrogens is 1110 g/mol. The maximum atomic E-state index is 12.9. The summed E-state index contributed by atoms with van der Waals surface area (Å²) in [4.78, 5) is 35.9. The number of allylic oxidation sites excluding steroid dienone is 14. The summed E-state index contributed by atoms with van der Waals surface area (Å²) in [6.07, 6.45) is 94.2. The number of esters is 2. The van der Waals surface area contributed by atoms with Gasteiger partial charge in [-0.05, 0) is 89.9 Å². The summed E-state index contributed by atoms with van der Waals surface area (Å²) in [5.74, 6) is -0.782. The Morgan fingerprint density at radius 3 is 0.966 bits per heavy atom. The number of carbonyl (C=O) groups is 2. The van der Waals surface area contributed by atoms with Crippen LogP contribution in [0.4, 0.5) is 0 Å². The maximum Gasteiger partial charge on any atom is 0.472 e. The van der Waals surface area contributed by atoms with Crippen LogP contribution in [-0.2, 0) is 32.7 Å². The third-order valence-electron chi connectivity index (χ3n) is 16.4. The van der Waals surface area contributed by atoms with Gasteiger partial charge in [-0.3, -0.25) is 18.6 Å². The number of nitrogens with zero attached hydrogens (tertiary/aromatic N) is 1. The Kier molecular flexibility index (Phi) is 66.4. The molecule has 0 aromatic rings. The molecule has 0 aliphatic carbocycles. The molecule has 0 radical (unpaired) electrons. The van der Waals surface area contributed by atoms with Gasteiger partial charge >= 0.3 is 19.8 Å². The Hall–Kier alpha value is -2.81. The van der Waals surface area contributed by atoms with Gasteiger partial charge in [0, 0.05) is 12.8 Å².